The number of aromatic nitrogens is 2. The van der Waals surface area contributed by atoms with E-state index in [1.807, 2.05) is 26.2 Å². The standard InChI is InChI=1S/C10H10N2.C7H16N4O/c1-8-2-4-9(5-3-8)10-6-11-12-7-10;1-5(2)6(4-12)3-7(10-8)11-9/h2-7H,1H3,(H,11,12);4-6H,3,8-9H2,1-2H3,(H,10,11). The van der Waals surface area contributed by atoms with E-state index in [4.69, 9.17) is 11.7 Å². The van der Waals surface area contributed by atoms with Crippen LogP contribution in [0.25, 0.3) is 11.1 Å². The highest BCUT2D eigenvalue weighted by Gasteiger charge is 2.14. The Morgan fingerprint density at radius 1 is 1.33 bits per heavy atom. The number of amidine groups is 1. The fourth-order valence-electron chi connectivity index (χ4n) is 1.97. The summed E-state index contributed by atoms with van der Waals surface area (Å²) in [5.74, 6) is 10.8. The molecule has 0 saturated heterocycles. The van der Waals surface area contributed by atoms with E-state index >= 15 is 0 Å². The second kappa shape index (κ2) is 10.2. The molecule has 0 radical (unpaired) electrons. The van der Waals surface area contributed by atoms with Crippen LogP contribution in [0.15, 0.2) is 41.8 Å². The normalized spacial score (nSPS) is 12.3. The van der Waals surface area contributed by atoms with Crippen molar-refractivity contribution in [2.75, 3.05) is 0 Å². The Hall–Kier alpha value is -2.67. The second-order valence-electron chi connectivity index (χ2n) is 5.82. The number of aryl methyl sites for hydroxylation is 1. The molecule has 0 fully saturated rings. The van der Waals surface area contributed by atoms with Gasteiger partial charge in [-0.3, -0.25) is 5.10 Å². The van der Waals surface area contributed by atoms with Crippen LogP contribution in [0.4, 0.5) is 0 Å². The third-order valence-electron chi connectivity index (χ3n) is 3.67. The van der Waals surface area contributed by atoms with Gasteiger partial charge in [0.2, 0.25) is 0 Å². The quantitative estimate of drug-likeness (QED) is 0.219. The fourth-order valence-corrected chi connectivity index (χ4v) is 1.97. The zero-order chi connectivity index (χ0) is 17.9. The van der Waals surface area contributed by atoms with E-state index in [2.05, 4.69) is 51.9 Å². The van der Waals surface area contributed by atoms with Crippen LogP contribution in [0.3, 0.4) is 0 Å². The summed E-state index contributed by atoms with van der Waals surface area (Å²) >= 11 is 0. The number of hydrogen-bond donors (Lipinski definition) is 4. The van der Waals surface area contributed by atoms with E-state index in [1.165, 1.54) is 11.1 Å². The highest BCUT2D eigenvalue weighted by atomic mass is 16.1. The van der Waals surface area contributed by atoms with Crippen molar-refractivity contribution in [1.29, 1.82) is 0 Å². The van der Waals surface area contributed by atoms with Crippen LogP contribution in [-0.2, 0) is 4.79 Å². The summed E-state index contributed by atoms with van der Waals surface area (Å²) in [6, 6.07) is 8.39. The first-order chi connectivity index (χ1) is 11.5. The van der Waals surface area contributed by atoms with Gasteiger partial charge in [0, 0.05) is 24.1 Å². The van der Waals surface area contributed by atoms with Crippen molar-refractivity contribution in [2.24, 2.45) is 28.6 Å². The van der Waals surface area contributed by atoms with Gasteiger partial charge in [0.05, 0.1) is 6.20 Å². The van der Waals surface area contributed by atoms with Gasteiger partial charge in [-0.25, -0.2) is 5.84 Å². The number of benzene rings is 1. The number of hydrazine groups is 1. The lowest BCUT2D eigenvalue weighted by molar-refractivity contribution is -0.112. The molecule has 1 aromatic carbocycles. The van der Waals surface area contributed by atoms with Crippen LogP contribution in [0, 0.1) is 18.8 Å². The fraction of sp³-hybridized carbons (Fsp3) is 0.353. The van der Waals surface area contributed by atoms with Crippen molar-refractivity contribution in [3.8, 4) is 11.1 Å². The van der Waals surface area contributed by atoms with Crippen LogP contribution in [0.5, 0.6) is 0 Å². The van der Waals surface area contributed by atoms with E-state index in [0.717, 1.165) is 11.8 Å². The summed E-state index contributed by atoms with van der Waals surface area (Å²) in [7, 11) is 0. The van der Waals surface area contributed by atoms with Crippen LogP contribution in [0.1, 0.15) is 25.8 Å². The van der Waals surface area contributed by atoms with Gasteiger partial charge in [0.25, 0.3) is 0 Å². The Balaban J connectivity index is 0.000000240. The number of rotatable bonds is 5. The number of aromatic amines is 1. The number of aldehydes is 1. The Morgan fingerprint density at radius 2 is 2.00 bits per heavy atom. The van der Waals surface area contributed by atoms with Gasteiger partial charge in [0.1, 0.15) is 12.1 Å². The predicted molar refractivity (Wildman–Crippen MR) is 96.7 cm³/mol. The number of nitrogens with zero attached hydrogens (tertiary/aromatic N) is 2. The van der Waals surface area contributed by atoms with Crippen molar-refractivity contribution >= 4 is 12.1 Å². The molecule has 7 nitrogen and oxygen atoms in total. The van der Waals surface area contributed by atoms with Gasteiger partial charge < -0.3 is 16.1 Å². The molecule has 0 bridgehead atoms. The minimum absolute atomic E-state index is 0.0802. The third-order valence-corrected chi connectivity index (χ3v) is 3.67. The summed E-state index contributed by atoms with van der Waals surface area (Å²) in [4.78, 5) is 10.5. The van der Waals surface area contributed by atoms with E-state index in [0.29, 0.717) is 12.3 Å². The zero-order valence-electron chi connectivity index (χ0n) is 14.4. The highest BCUT2D eigenvalue weighted by molar-refractivity contribution is 5.83. The molecule has 0 aliphatic carbocycles. The molecule has 2 rings (SSSR count). The van der Waals surface area contributed by atoms with Crippen molar-refractivity contribution in [3.05, 3.63) is 42.2 Å². The molecule has 1 unspecified atom stereocenters. The Bertz CT molecular complexity index is 619. The maximum atomic E-state index is 10.5. The summed E-state index contributed by atoms with van der Waals surface area (Å²) in [6.45, 7) is 6.01. The molecule has 1 aromatic heterocycles. The molecule has 0 aliphatic rings. The monoisotopic (exact) mass is 330 g/mol. The molecule has 1 heterocycles. The van der Waals surface area contributed by atoms with Crippen LogP contribution in [0.2, 0.25) is 0 Å². The third kappa shape index (κ3) is 6.21. The molecule has 2 aromatic rings. The number of carbonyl (C=O) groups is 1. The first-order valence-electron chi connectivity index (χ1n) is 7.76. The molecule has 0 saturated carbocycles. The number of hydrazone groups is 1. The number of nitrogens with two attached hydrogens (primary N) is 2. The van der Waals surface area contributed by atoms with E-state index < -0.39 is 0 Å². The summed E-state index contributed by atoms with van der Waals surface area (Å²) in [5, 5.41) is 10.1. The molecule has 6 N–H and O–H groups in total. The van der Waals surface area contributed by atoms with Gasteiger partial charge in [-0.05, 0) is 18.4 Å². The minimum Gasteiger partial charge on any atom is -0.322 e. The Kier molecular flexibility index (Phi) is 8.21. The Labute approximate surface area is 142 Å². The van der Waals surface area contributed by atoms with E-state index in [9.17, 15) is 4.79 Å². The second-order valence-corrected chi connectivity index (χ2v) is 5.82. The average Bonchev–Trinajstić information content (AvgIpc) is 3.11. The van der Waals surface area contributed by atoms with Crippen LogP contribution < -0.4 is 17.1 Å². The molecular formula is C17H26N6O. The summed E-state index contributed by atoms with van der Waals surface area (Å²) < 4.78 is 0. The van der Waals surface area contributed by atoms with Crippen LogP contribution in [-0.4, -0.2) is 22.3 Å². The van der Waals surface area contributed by atoms with E-state index in [-0.39, 0.29) is 11.8 Å². The van der Waals surface area contributed by atoms with Crippen molar-refractivity contribution in [3.63, 3.8) is 0 Å². The van der Waals surface area contributed by atoms with Crippen LogP contribution >= 0.6 is 0 Å². The molecule has 7 heteroatoms. The zero-order valence-corrected chi connectivity index (χ0v) is 14.4. The topological polar surface area (TPSA) is 122 Å². The predicted octanol–water partition coefficient (Wildman–Crippen LogP) is 1.97. The van der Waals surface area contributed by atoms with Crippen molar-refractivity contribution in [2.45, 2.75) is 27.2 Å². The van der Waals surface area contributed by atoms with Crippen molar-refractivity contribution in [1.82, 2.24) is 15.6 Å². The molecule has 130 valence electrons. The first kappa shape index (κ1) is 19.4. The molecule has 0 spiro atoms. The number of carbonyl (C=O) groups excluding carboxylic acids is 1. The minimum atomic E-state index is -0.0802. The largest absolute Gasteiger partial charge is 0.322 e. The number of H-pyrrole nitrogens is 1. The highest BCUT2D eigenvalue weighted by Crippen LogP contribution is 2.17. The Morgan fingerprint density at radius 3 is 2.42 bits per heavy atom. The SMILES string of the molecule is CC(C)C(C=O)C/C(=N/N)NN.Cc1ccc(-c2cn[nH]c2)cc1. The molecule has 0 amide bonds. The van der Waals surface area contributed by atoms with E-state index in [1.54, 1.807) is 0 Å². The lowest BCUT2D eigenvalue weighted by Crippen LogP contribution is -2.34. The maximum absolute atomic E-state index is 10.5. The summed E-state index contributed by atoms with van der Waals surface area (Å²) in [5.41, 5.74) is 5.95. The van der Waals surface area contributed by atoms with Crippen molar-refractivity contribution < 1.29 is 4.79 Å². The number of nitrogens with one attached hydrogen (secondary N) is 2. The first-order valence-corrected chi connectivity index (χ1v) is 7.76. The van der Waals surface area contributed by atoms with Gasteiger partial charge in [-0.1, -0.05) is 43.7 Å². The van der Waals surface area contributed by atoms with Gasteiger partial charge >= 0.3 is 0 Å². The molecule has 24 heavy (non-hydrogen) atoms. The van der Waals surface area contributed by atoms with Gasteiger partial charge in [0.15, 0.2) is 0 Å². The smallest absolute Gasteiger partial charge is 0.136 e. The van der Waals surface area contributed by atoms with Gasteiger partial charge in [-0.15, -0.1) is 0 Å². The number of hydrogen-bond acceptors (Lipinski definition) is 5. The average molecular weight is 330 g/mol. The molecule has 1 atom stereocenters. The lowest BCUT2D eigenvalue weighted by Gasteiger charge is -2.14. The molecular weight excluding hydrogens is 304 g/mol. The molecule has 0 aliphatic heterocycles. The maximum Gasteiger partial charge on any atom is 0.136 e. The lowest BCUT2D eigenvalue weighted by atomic mass is 9.94. The van der Waals surface area contributed by atoms with Gasteiger partial charge in [-0.2, -0.15) is 10.2 Å². The summed E-state index contributed by atoms with van der Waals surface area (Å²) in [6.07, 6.45) is 5.08.